The minimum Gasteiger partial charge on any atom is -0.504 e. The molecule has 1 aliphatic rings. The van der Waals surface area contributed by atoms with Gasteiger partial charge in [-0.1, -0.05) is 6.07 Å². The number of methoxy groups -OCH3 is 1. The molecule has 2 rings (SSSR count). The van der Waals surface area contributed by atoms with Gasteiger partial charge in [0, 0.05) is 18.9 Å². The lowest BCUT2D eigenvalue weighted by molar-refractivity contribution is -0.196. The van der Waals surface area contributed by atoms with Crippen molar-refractivity contribution in [2.45, 2.75) is 36.8 Å². The lowest BCUT2D eigenvalue weighted by atomic mass is 9.79. The van der Waals surface area contributed by atoms with Gasteiger partial charge < -0.3 is 35.0 Å². The molecule has 0 amide bonds. The van der Waals surface area contributed by atoms with Gasteiger partial charge in [0.05, 0.1) is 13.2 Å². The van der Waals surface area contributed by atoms with Crippen LogP contribution in [0.25, 0.3) is 6.08 Å². The third-order valence-corrected chi connectivity index (χ3v) is 4.14. The Morgan fingerprint density at radius 3 is 2.58 bits per heavy atom. The van der Waals surface area contributed by atoms with E-state index in [9.17, 15) is 30.0 Å². The summed E-state index contributed by atoms with van der Waals surface area (Å²) in [5.74, 6) is -2.34. The molecule has 1 saturated carbocycles. The number of carbonyl (C=O) groups excluding carboxylic acids is 1. The lowest BCUT2D eigenvalue weighted by Crippen LogP contribution is -2.57. The molecule has 0 saturated heterocycles. The van der Waals surface area contributed by atoms with E-state index in [0.717, 1.165) is 6.08 Å². The van der Waals surface area contributed by atoms with Gasteiger partial charge in [-0.3, -0.25) is 0 Å². The summed E-state index contributed by atoms with van der Waals surface area (Å²) < 4.78 is 9.92. The number of benzene rings is 1. The Balaban J connectivity index is 2.07. The molecule has 0 aromatic heterocycles. The predicted molar refractivity (Wildman–Crippen MR) is 87.4 cm³/mol. The van der Waals surface area contributed by atoms with Crippen molar-refractivity contribution < 1.29 is 44.6 Å². The van der Waals surface area contributed by atoms with E-state index in [0.29, 0.717) is 5.56 Å². The second-order valence-corrected chi connectivity index (χ2v) is 6.04. The van der Waals surface area contributed by atoms with Crippen molar-refractivity contribution in [1.29, 1.82) is 0 Å². The summed E-state index contributed by atoms with van der Waals surface area (Å²) in [5.41, 5.74) is -1.78. The summed E-state index contributed by atoms with van der Waals surface area (Å²) in [6.07, 6.45) is -3.17. The number of hydrogen-bond acceptors (Lipinski definition) is 8. The van der Waals surface area contributed by atoms with Gasteiger partial charge >= 0.3 is 11.9 Å². The number of aliphatic hydroxyl groups is 3. The number of rotatable bonds is 5. The molecule has 0 heterocycles. The number of carbonyl (C=O) groups is 2. The lowest BCUT2D eigenvalue weighted by Gasteiger charge is -2.39. The van der Waals surface area contributed by atoms with E-state index in [-0.39, 0.29) is 11.5 Å². The Hall–Kier alpha value is -2.62. The second-order valence-electron chi connectivity index (χ2n) is 6.04. The smallest absolute Gasteiger partial charge is 0.335 e. The number of phenolic OH excluding ortho intramolecular Hbond substituents is 1. The fourth-order valence-electron chi connectivity index (χ4n) is 2.69. The maximum Gasteiger partial charge on any atom is 0.335 e. The maximum absolute atomic E-state index is 11.9. The number of aliphatic hydroxyl groups excluding tert-OH is 2. The van der Waals surface area contributed by atoms with Crippen LogP contribution in [0.5, 0.6) is 11.5 Å². The Morgan fingerprint density at radius 1 is 1.27 bits per heavy atom. The van der Waals surface area contributed by atoms with Gasteiger partial charge in [0.15, 0.2) is 17.1 Å². The van der Waals surface area contributed by atoms with E-state index in [4.69, 9.17) is 14.6 Å². The van der Waals surface area contributed by atoms with E-state index in [1.807, 2.05) is 0 Å². The summed E-state index contributed by atoms with van der Waals surface area (Å²) in [4.78, 5) is 23.1. The quantitative estimate of drug-likeness (QED) is 0.347. The third-order valence-electron chi connectivity index (χ3n) is 4.14. The third kappa shape index (κ3) is 4.31. The van der Waals surface area contributed by atoms with Crippen molar-refractivity contribution in [3.8, 4) is 11.5 Å². The molecule has 1 aromatic rings. The number of aromatic hydroxyl groups is 1. The zero-order valence-electron chi connectivity index (χ0n) is 13.9. The number of phenols is 1. The van der Waals surface area contributed by atoms with Crippen LogP contribution < -0.4 is 4.74 Å². The van der Waals surface area contributed by atoms with E-state index in [1.165, 1.54) is 31.4 Å². The summed E-state index contributed by atoms with van der Waals surface area (Å²) in [6, 6.07) is 4.36. The zero-order valence-corrected chi connectivity index (χ0v) is 13.9. The van der Waals surface area contributed by atoms with E-state index >= 15 is 0 Å². The largest absolute Gasteiger partial charge is 0.504 e. The molecular weight excluding hydrogens is 348 g/mol. The monoisotopic (exact) mass is 368 g/mol. The molecule has 0 spiro atoms. The van der Waals surface area contributed by atoms with Gasteiger partial charge in [0.1, 0.15) is 12.2 Å². The Kier molecular flexibility index (Phi) is 5.86. The van der Waals surface area contributed by atoms with E-state index in [1.54, 1.807) is 0 Å². The average Bonchev–Trinajstić information content (AvgIpc) is 2.58. The number of carboxylic acid groups (broad SMARTS) is 1. The van der Waals surface area contributed by atoms with Crippen LogP contribution >= 0.6 is 0 Å². The highest BCUT2D eigenvalue weighted by Gasteiger charge is 2.50. The molecule has 4 atom stereocenters. The molecule has 0 aliphatic heterocycles. The van der Waals surface area contributed by atoms with Crippen LogP contribution in [0.4, 0.5) is 0 Å². The average molecular weight is 368 g/mol. The Morgan fingerprint density at radius 2 is 1.96 bits per heavy atom. The molecule has 5 N–H and O–H groups in total. The zero-order chi connectivity index (χ0) is 19.5. The van der Waals surface area contributed by atoms with E-state index in [2.05, 4.69) is 0 Å². The first-order valence-corrected chi connectivity index (χ1v) is 7.74. The first-order chi connectivity index (χ1) is 12.2. The summed E-state index contributed by atoms with van der Waals surface area (Å²) in [6.45, 7) is 0. The molecule has 1 aliphatic carbocycles. The number of carboxylic acids is 1. The molecule has 4 unspecified atom stereocenters. The van der Waals surface area contributed by atoms with Gasteiger partial charge in [-0.25, -0.2) is 9.59 Å². The van der Waals surface area contributed by atoms with Crippen LogP contribution in [0.3, 0.4) is 0 Å². The summed E-state index contributed by atoms with van der Waals surface area (Å²) >= 11 is 0. The van der Waals surface area contributed by atoms with Crippen molar-refractivity contribution >= 4 is 18.0 Å². The molecule has 26 heavy (non-hydrogen) atoms. The van der Waals surface area contributed by atoms with Crippen LogP contribution in [0.1, 0.15) is 18.4 Å². The highest BCUT2D eigenvalue weighted by molar-refractivity contribution is 5.87. The molecule has 9 heteroatoms. The van der Waals surface area contributed by atoms with Gasteiger partial charge in [-0.2, -0.15) is 0 Å². The number of esters is 1. The van der Waals surface area contributed by atoms with Gasteiger partial charge in [0.2, 0.25) is 0 Å². The first-order valence-electron chi connectivity index (χ1n) is 7.74. The fourth-order valence-corrected chi connectivity index (χ4v) is 2.69. The predicted octanol–water partition coefficient (Wildman–Crippen LogP) is -0.343. The SMILES string of the molecule is COc1cc(/C=C/C(=O)OC2CC(O)(C(=O)O)CC(O)C2O)ccc1O. The minimum absolute atomic E-state index is 0.0699. The van der Waals surface area contributed by atoms with Crippen LogP contribution in [0.15, 0.2) is 24.3 Å². The van der Waals surface area contributed by atoms with E-state index < -0.39 is 48.7 Å². The molecule has 1 fully saturated rings. The van der Waals surface area contributed by atoms with Crippen molar-refractivity contribution in [3.05, 3.63) is 29.8 Å². The molecule has 142 valence electrons. The van der Waals surface area contributed by atoms with Gasteiger partial charge in [0.25, 0.3) is 0 Å². The molecule has 9 nitrogen and oxygen atoms in total. The maximum atomic E-state index is 11.9. The van der Waals surface area contributed by atoms with Crippen molar-refractivity contribution in [2.75, 3.05) is 7.11 Å². The van der Waals surface area contributed by atoms with Crippen LogP contribution in [0, 0.1) is 0 Å². The van der Waals surface area contributed by atoms with Crippen LogP contribution in [0.2, 0.25) is 0 Å². The summed E-state index contributed by atoms with van der Waals surface area (Å²) in [7, 11) is 1.37. The van der Waals surface area contributed by atoms with Crippen LogP contribution in [-0.2, 0) is 14.3 Å². The van der Waals surface area contributed by atoms with Gasteiger partial charge in [-0.15, -0.1) is 0 Å². The Bertz CT molecular complexity index is 714. The van der Waals surface area contributed by atoms with Crippen molar-refractivity contribution in [2.24, 2.45) is 0 Å². The first kappa shape index (κ1) is 19.7. The molecule has 0 bridgehead atoms. The van der Waals surface area contributed by atoms with Crippen molar-refractivity contribution in [1.82, 2.24) is 0 Å². The second kappa shape index (κ2) is 7.73. The fraction of sp³-hybridized carbons (Fsp3) is 0.412. The highest BCUT2D eigenvalue weighted by Crippen LogP contribution is 2.31. The van der Waals surface area contributed by atoms with Crippen LogP contribution in [-0.4, -0.2) is 68.5 Å². The molecular formula is C17H20O9. The number of ether oxygens (including phenoxy) is 2. The van der Waals surface area contributed by atoms with Gasteiger partial charge in [-0.05, 0) is 23.8 Å². The number of aliphatic carboxylic acids is 1. The number of hydrogen-bond donors (Lipinski definition) is 5. The molecule has 1 aromatic carbocycles. The highest BCUT2D eigenvalue weighted by atomic mass is 16.6. The standard InChI is InChI=1S/C17H20O9/c1-25-12-6-9(2-4-10(12)18)3-5-14(20)26-13-8-17(24,16(22)23)7-11(19)15(13)21/h2-6,11,13,15,18-19,21,24H,7-8H2,1H3,(H,22,23)/b5-3+. The Labute approximate surface area is 148 Å². The topological polar surface area (TPSA) is 154 Å². The normalized spacial score (nSPS) is 28.7. The molecule has 0 radical (unpaired) electrons. The minimum atomic E-state index is -2.29. The van der Waals surface area contributed by atoms with Crippen molar-refractivity contribution in [3.63, 3.8) is 0 Å². The summed E-state index contributed by atoms with van der Waals surface area (Å²) in [5, 5.41) is 48.2.